The van der Waals surface area contributed by atoms with Crippen LogP contribution in [0.5, 0.6) is 0 Å². The Hall–Kier alpha value is -0.900. The van der Waals surface area contributed by atoms with Crippen molar-refractivity contribution in [1.29, 1.82) is 0 Å². The van der Waals surface area contributed by atoms with Crippen LogP contribution < -0.4 is 5.32 Å². The molecular weight excluding hydrogens is 226 g/mol. The Morgan fingerprint density at radius 3 is 2.39 bits per heavy atom. The van der Waals surface area contributed by atoms with Crippen molar-refractivity contribution in [3.8, 4) is 0 Å². The standard InChI is InChI=1S/C15H25NO2/c1-12(2)14(9-10-17)16-15(11-18-3)13-7-5-4-6-8-13/h4-8,12,14-17H,9-11H2,1-3H3. The van der Waals surface area contributed by atoms with Crippen molar-refractivity contribution in [2.75, 3.05) is 20.3 Å². The maximum Gasteiger partial charge on any atom is 0.0657 e. The second-order valence-electron chi connectivity index (χ2n) is 4.95. The van der Waals surface area contributed by atoms with Gasteiger partial charge in [-0.1, -0.05) is 44.2 Å². The topological polar surface area (TPSA) is 41.5 Å². The molecule has 3 nitrogen and oxygen atoms in total. The minimum atomic E-state index is 0.176. The SMILES string of the molecule is COCC(NC(CCO)C(C)C)c1ccccc1. The Labute approximate surface area is 110 Å². The predicted molar refractivity (Wildman–Crippen MR) is 74.5 cm³/mol. The third-order valence-corrected chi connectivity index (χ3v) is 3.20. The molecule has 18 heavy (non-hydrogen) atoms. The van der Waals surface area contributed by atoms with Gasteiger partial charge in [-0.2, -0.15) is 0 Å². The van der Waals surface area contributed by atoms with E-state index in [4.69, 9.17) is 9.84 Å². The van der Waals surface area contributed by atoms with E-state index in [1.807, 2.05) is 18.2 Å². The molecule has 1 aromatic rings. The molecule has 0 fully saturated rings. The lowest BCUT2D eigenvalue weighted by Gasteiger charge is -2.28. The highest BCUT2D eigenvalue weighted by atomic mass is 16.5. The van der Waals surface area contributed by atoms with Crippen LogP contribution in [0.4, 0.5) is 0 Å². The van der Waals surface area contributed by atoms with Crippen molar-refractivity contribution >= 4 is 0 Å². The molecule has 0 saturated carbocycles. The Bertz CT molecular complexity index is 314. The molecule has 2 unspecified atom stereocenters. The van der Waals surface area contributed by atoms with Crippen molar-refractivity contribution in [2.24, 2.45) is 5.92 Å². The van der Waals surface area contributed by atoms with Crippen LogP contribution in [0.25, 0.3) is 0 Å². The summed E-state index contributed by atoms with van der Waals surface area (Å²) < 4.78 is 5.29. The summed E-state index contributed by atoms with van der Waals surface area (Å²) in [5.41, 5.74) is 1.22. The molecule has 0 amide bonds. The van der Waals surface area contributed by atoms with E-state index in [9.17, 15) is 0 Å². The highest BCUT2D eigenvalue weighted by Crippen LogP contribution is 2.17. The maximum atomic E-state index is 9.13. The molecule has 2 atom stereocenters. The lowest BCUT2D eigenvalue weighted by atomic mass is 9.98. The van der Waals surface area contributed by atoms with Crippen LogP contribution in [0, 0.1) is 5.92 Å². The minimum Gasteiger partial charge on any atom is -0.396 e. The van der Waals surface area contributed by atoms with E-state index in [2.05, 4.69) is 31.3 Å². The van der Waals surface area contributed by atoms with Crippen LogP contribution in [-0.4, -0.2) is 31.5 Å². The number of aliphatic hydroxyl groups is 1. The average Bonchev–Trinajstić information content (AvgIpc) is 2.38. The summed E-state index contributed by atoms with van der Waals surface area (Å²) in [5.74, 6) is 0.486. The second-order valence-corrected chi connectivity index (χ2v) is 4.95. The zero-order valence-electron chi connectivity index (χ0n) is 11.6. The molecule has 1 rings (SSSR count). The van der Waals surface area contributed by atoms with Crippen molar-refractivity contribution in [3.05, 3.63) is 35.9 Å². The van der Waals surface area contributed by atoms with Gasteiger partial charge in [0.15, 0.2) is 0 Å². The predicted octanol–water partition coefficient (Wildman–Crippen LogP) is 2.37. The first-order valence-corrected chi connectivity index (χ1v) is 6.59. The number of hydrogen-bond acceptors (Lipinski definition) is 3. The zero-order chi connectivity index (χ0) is 13.4. The van der Waals surface area contributed by atoms with Crippen LogP contribution in [0.3, 0.4) is 0 Å². The quantitative estimate of drug-likeness (QED) is 0.745. The Balaban J connectivity index is 2.72. The van der Waals surface area contributed by atoms with E-state index in [0.717, 1.165) is 6.42 Å². The normalized spacial score (nSPS) is 14.7. The lowest BCUT2D eigenvalue weighted by Crippen LogP contribution is -2.39. The summed E-state index contributed by atoms with van der Waals surface area (Å²) in [6, 6.07) is 10.8. The van der Waals surface area contributed by atoms with Crippen molar-refractivity contribution in [2.45, 2.75) is 32.4 Å². The molecule has 0 aliphatic rings. The summed E-state index contributed by atoms with van der Waals surface area (Å²) in [4.78, 5) is 0. The Kier molecular flexibility index (Phi) is 6.94. The molecule has 0 aliphatic carbocycles. The van der Waals surface area contributed by atoms with Crippen LogP contribution in [0.15, 0.2) is 30.3 Å². The molecule has 0 saturated heterocycles. The molecular formula is C15H25NO2. The van der Waals surface area contributed by atoms with Crippen molar-refractivity contribution < 1.29 is 9.84 Å². The van der Waals surface area contributed by atoms with Crippen LogP contribution >= 0.6 is 0 Å². The van der Waals surface area contributed by atoms with Crippen LogP contribution in [0.1, 0.15) is 31.9 Å². The molecule has 0 radical (unpaired) electrons. The summed E-state index contributed by atoms with van der Waals surface area (Å²) in [7, 11) is 1.72. The molecule has 102 valence electrons. The highest BCUT2D eigenvalue weighted by molar-refractivity contribution is 5.19. The molecule has 0 aromatic heterocycles. The largest absolute Gasteiger partial charge is 0.396 e. The molecule has 0 aliphatic heterocycles. The van der Waals surface area contributed by atoms with Gasteiger partial charge < -0.3 is 15.2 Å². The third-order valence-electron chi connectivity index (χ3n) is 3.20. The first kappa shape index (κ1) is 15.2. The van der Waals surface area contributed by atoms with Gasteiger partial charge in [0.2, 0.25) is 0 Å². The number of aliphatic hydroxyl groups excluding tert-OH is 1. The fourth-order valence-electron chi connectivity index (χ4n) is 2.10. The number of ether oxygens (including phenoxy) is 1. The molecule has 0 spiro atoms. The summed E-state index contributed by atoms with van der Waals surface area (Å²) in [6.07, 6.45) is 0.769. The molecule has 0 heterocycles. The first-order chi connectivity index (χ1) is 8.69. The summed E-state index contributed by atoms with van der Waals surface area (Å²) in [6.45, 7) is 5.19. The first-order valence-electron chi connectivity index (χ1n) is 6.59. The van der Waals surface area contributed by atoms with E-state index < -0.39 is 0 Å². The molecule has 0 bridgehead atoms. The fourth-order valence-corrected chi connectivity index (χ4v) is 2.10. The molecule has 2 N–H and O–H groups in total. The van der Waals surface area contributed by atoms with Gasteiger partial charge in [-0.15, -0.1) is 0 Å². The van der Waals surface area contributed by atoms with Gasteiger partial charge >= 0.3 is 0 Å². The van der Waals surface area contributed by atoms with E-state index in [1.54, 1.807) is 7.11 Å². The number of benzene rings is 1. The summed E-state index contributed by atoms with van der Waals surface area (Å²) >= 11 is 0. The maximum absolute atomic E-state index is 9.13. The fraction of sp³-hybridized carbons (Fsp3) is 0.600. The molecule has 3 heteroatoms. The number of methoxy groups -OCH3 is 1. The number of rotatable bonds is 8. The van der Waals surface area contributed by atoms with Gasteiger partial charge in [-0.05, 0) is 17.9 Å². The van der Waals surface area contributed by atoms with E-state index in [0.29, 0.717) is 18.6 Å². The number of hydrogen-bond donors (Lipinski definition) is 2. The van der Waals surface area contributed by atoms with Gasteiger partial charge in [0.25, 0.3) is 0 Å². The zero-order valence-corrected chi connectivity index (χ0v) is 11.6. The van der Waals surface area contributed by atoms with Crippen LogP contribution in [0.2, 0.25) is 0 Å². The lowest BCUT2D eigenvalue weighted by molar-refractivity contribution is 0.149. The van der Waals surface area contributed by atoms with E-state index in [1.165, 1.54) is 5.56 Å². The molecule has 1 aromatic carbocycles. The minimum absolute atomic E-state index is 0.176. The van der Waals surface area contributed by atoms with Crippen LogP contribution in [-0.2, 0) is 4.74 Å². The van der Waals surface area contributed by atoms with Crippen molar-refractivity contribution in [1.82, 2.24) is 5.32 Å². The number of nitrogens with one attached hydrogen (secondary N) is 1. The van der Waals surface area contributed by atoms with Gasteiger partial charge in [0, 0.05) is 19.8 Å². The average molecular weight is 251 g/mol. The second kappa shape index (κ2) is 8.25. The van der Waals surface area contributed by atoms with Gasteiger partial charge in [-0.3, -0.25) is 0 Å². The van der Waals surface area contributed by atoms with E-state index >= 15 is 0 Å². The Morgan fingerprint density at radius 1 is 1.22 bits per heavy atom. The third kappa shape index (κ3) is 4.77. The van der Waals surface area contributed by atoms with Gasteiger partial charge in [0.1, 0.15) is 0 Å². The summed E-state index contributed by atoms with van der Waals surface area (Å²) in [5, 5.41) is 12.7. The van der Waals surface area contributed by atoms with Gasteiger partial charge in [0.05, 0.1) is 12.6 Å². The van der Waals surface area contributed by atoms with Crippen molar-refractivity contribution in [3.63, 3.8) is 0 Å². The monoisotopic (exact) mass is 251 g/mol. The smallest absolute Gasteiger partial charge is 0.0657 e. The highest BCUT2D eigenvalue weighted by Gasteiger charge is 2.19. The van der Waals surface area contributed by atoms with Gasteiger partial charge in [-0.25, -0.2) is 0 Å². The van der Waals surface area contributed by atoms with E-state index in [-0.39, 0.29) is 12.6 Å². The Morgan fingerprint density at radius 2 is 1.89 bits per heavy atom.